The molecular formula is C13H12ClNOS. The molecule has 1 N–H and O–H groups in total. The zero-order valence-electron chi connectivity index (χ0n) is 9.08. The minimum absolute atomic E-state index is 0.501. The summed E-state index contributed by atoms with van der Waals surface area (Å²) in [6, 6.07) is 11.3. The number of thioether (sulfide) groups is 1. The number of hydrogen-bond acceptors (Lipinski definition) is 3. The van der Waals surface area contributed by atoms with E-state index < -0.39 is 6.10 Å². The van der Waals surface area contributed by atoms with E-state index >= 15 is 0 Å². The Kier molecular flexibility index (Phi) is 4.42. The fraction of sp³-hybridized carbons (Fsp3) is 0.154. The molecule has 4 heteroatoms. The van der Waals surface area contributed by atoms with E-state index in [0.29, 0.717) is 5.75 Å². The average molecular weight is 266 g/mol. The minimum Gasteiger partial charge on any atom is -0.388 e. The van der Waals surface area contributed by atoms with Crippen LogP contribution in [0, 0.1) is 0 Å². The van der Waals surface area contributed by atoms with Crippen LogP contribution in [0.2, 0.25) is 5.02 Å². The third-order valence-electron chi connectivity index (χ3n) is 2.32. The highest BCUT2D eigenvalue weighted by Gasteiger charge is 2.08. The summed E-state index contributed by atoms with van der Waals surface area (Å²) in [5.41, 5.74) is 0.875. The summed E-state index contributed by atoms with van der Waals surface area (Å²) in [6.07, 6.45) is 2.86. The maximum atomic E-state index is 9.98. The highest BCUT2D eigenvalue weighted by atomic mass is 35.5. The van der Waals surface area contributed by atoms with Crippen LogP contribution in [-0.2, 0) is 0 Å². The molecule has 88 valence electrons. The number of benzene rings is 1. The molecule has 17 heavy (non-hydrogen) atoms. The monoisotopic (exact) mass is 265 g/mol. The van der Waals surface area contributed by atoms with E-state index in [4.69, 9.17) is 11.6 Å². The maximum absolute atomic E-state index is 9.98. The molecule has 0 saturated carbocycles. The molecule has 2 nitrogen and oxygen atoms in total. The van der Waals surface area contributed by atoms with E-state index in [-0.39, 0.29) is 0 Å². The predicted molar refractivity (Wildman–Crippen MR) is 71.4 cm³/mol. The van der Waals surface area contributed by atoms with Gasteiger partial charge in [0.15, 0.2) is 0 Å². The van der Waals surface area contributed by atoms with Crippen LogP contribution in [0.4, 0.5) is 0 Å². The van der Waals surface area contributed by atoms with Crippen LogP contribution in [0.5, 0.6) is 0 Å². The summed E-state index contributed by atoms with van der Waals surface area (Å²) in [5.74, 6) is 0.577. The van der Waals surface area contributed by atoms with Crippen molar-refractivity contribution in [1.82, 2.24) is 4.98 Å². The number of aliphatic hydroxyl groups is 1. The molecule has 1 atom stereocenters. The van der Waals surface area contributed by atoms with E-state index in [1.807, 2.05) is 36.4 Å². The third kappa shape index (κ3) is 3.46. The van der Waals surface area contributed by atoms with E-state index in [9.17, 15) is 5.11 Å². The Morgan fingerprint density at radius 3 is 2.59 bits per heavy atom. The molecule has 2 rings (SSSR count). The Bertz CT molecular complexity index is 478. The quantitative estimate of drug-likeness (QED) is 0.858. The van der Waals surface area contributed by atoms with E-state index in [0.717, 1.165) is 15.5 Å². The Balaban J connectivity index is 1.97. The molecule has 0 aliphatic heterocycles. The molecule has 1 unspecified atom stereocenters. The summed E-state index contributed by atoms with van der Waals surface area (Å²) in [5, 5.41) is 10.7. The Morgan fingerprint density at radius 1 is 1.18 bits per heavy atom. The summed E-state index contributed by atoms with van der Waals surface area (Å²) in [4.78, 5) is 4.91. The Hall–Kier alpha value is -1.03. The molecule has 1 aromatic carbocycles. The lowest BCUT2D eigenvalue weighted by Crippen LogP contribution is -2.00. The van der Waals surface area contributed by atoms with Crippen molar-refractivity contribution in [3.8, 4) is 0 Å². The van der Waals surface area contributed by atoms with Crippen LogP contribution in [-0.4, -0.2) is 15.8 Å². The van der Waals surface area contributed by atoms with Gasteiger partial charge in [0.1, 0.15) is 0 Å². The number of halogens is 1. The summed E-state index contributed by atoms with van der Waals surface area (Å²) in [7, 11) is 0. The first-order valence-electron chi connectivity index (χ1n) is 5.22. The fourth-order valence-corrected chi connectivity index (χ4v) is 2.62. The first kappa shape index (κ1) is 12.4. The highest BCUT2D eigenvalue weighted by Crippen LogP contribution is 2.29. The zero-order valence-corrected chi connectivity index (χ0v) is 10.7. The van der Waals surface area contributed by atoms with Gasteiger partial charge >= 0.3 is 0 Å². The van der Waals surface area contributed by atoms with Gasteiger partial charge in [-0.25, -0.2) is 0 Å². The van der Waals surface area contributed by atoms with Gasteiger partial charge in [-0.3, -0.25) is 4.98 Å². The van der Waals surface area contributed by atoms with Crippen molar-refractivity contribution in [3.63, 3.8) is 0 Å². The van der Waals surface area contributed by atoms with Crippen molar-refractivity contribution in [2.45, 2.75) is 11.0 Å². The van der Waals surface area contributed by atoms with Crippen LogP contribution >= 0.6 is 23.4 Å². The number of nitrogens with zero attached hydrogens (tertiary/aromatic N) is 1. The topological polar surface area (TPSA) is 33.1 Å². The van der Waals surface area contributed by atoms with Crippen LogP contribution < -0.4 is 0 Å². The third-order valence-corrected chi connectivity index (χ3v) is 3.92. The van der Waals surface area contributed by atoms with Gasteiger partial charge in [0.25, 0.3) is 0 Å². The molecule has 0 radical (unpaired) electrons. The molecule has 0 aliphatic carbocycles. The van der Waals surface area contributed by atoms with Gasteiger partial charge in [-0.2, -0.15) is 0 Å². The van der Waals surface area contributed by atoms with Crippen molar-refractivity contribution in [1.29, 1.82) is 0 Å². The van der Waals surface area contributed by atoms with Crippen LogP contribution in [0.1, 0.15) is 11.7 Å². The average Bonchev–Trinajstić information content (AvgIpc) is 2.38. The van der Waals surface area contributed by atoms with Crippen molar-refractivity contribution in [2.24, 2.45) is 0 Å². The number of hydrogen-bond donors (Lipinski definition) is 1. The maximum Gasteiger partial charge on any atom is 0.0885 e. The Labute approximate surface area is 110 Å². The normalized spacial score (nSPS) is 12.4. The second-order valence-corrected chi connectivity index (χ2v) is 5.01. The van der Waals surface area contributed by atoms with Crippen molar-refractivity contribution in [2.75, 3.05) is 5.75 Å². The summed E-state index contributed by atoms with van der Waals surface area (Å²) >= 11 is 7.59. The summed E-state index contributed by atoms with van der Waals surface area (Å²) < 4.78 is 0. The number of aromatic nitrogens is 1. The van der Waals surface area contributed by atoms with Crippen molar-refractivity contribution in [3.05, 3.63) is 59.4 Å². The van der Waals surface area contributed by atoms with Gasteiger partial charge in [0.2, 0.25) is 0 Å². The van der Waals surface area contributed by atoms with Gasteiger partial charge < -0.3 is 5.11 Å². The van der Waals surface area contributed by atoms with Gasteiger partial charge in [-0.05, 0) is 29.8 Å². The zero-order chi connectivity index (χ0) is 12.1. The molecule has 0 amide bonds. The van der Waals surface area contributed by atoms with E-state index in [1.54, 1.807) is 24.2 Å². The highest BCUT2D eigenvalue weighted by molar-refractivity contribution is 7.99. The smallest absolute Gasteiger partial charge is 0.0885 e. The molecule has 0 fully saturated rings. The number of rotatable bonds is 4. The van der Waals surface area contributed by atoms with Gasteiger partial charge in [-0.15, -0.1) is 11.8 Å². The van der Waals surface area contributed by atoms with Crippen molar-refractivity contribution < 1.29 is 5.11 Å². The lowest BCUT2D eigenvalue weighted by Gasteiger charge is -2.10. The van der Waals surface area contributed by atoms with E-state index in [2.05, 4.69) is 4.98 Å². The van der Waals surface area contributed by atoms with Gasteiger partial charge in [0.05, 0.1) is 11.1 Å². The van der Waals surface area contributed by atoms with Crippen LogP contribution in [0.3, 0.4) is 0 Å². The Morgan fingerprint density at radius 2 is 1.88 bits per heavy atom. The van der Waals surface area contributed by atoms with Gasteiger partial charge in [0, 0.05) is 23.0 Å². The molecule has 1 heterocycles. The van der Waals surface area contributed by atoms with Crippen LogP contribution in [0.25, 0.3) is 0 Å². The second kappa shape index (κ2) is 6.05. The minimum atomic E-state index is -0.501. The van der Waals surface area contributed by atoms with Crippen molar-refractivity contribution >= 4 is 23.4 Å². The van der Waals surface area contributed by atoms with Crippen LogP contribution in [0.15, 0.2) is 53.7 Å². The molecule has 0 spiro atoms. The molecule has 0 saturated heterocycles. The number of aliphatic hydroxyl groups excluding tert-OH is 1. The molecular weight excluding hydrogens is 254 g/mol. The lowest BCUT2D eigenvalue weighted by atomic mass is 10.2. The fourth-order valence-electron chi connectivity index (χ4n) is 1.41. The SMILES string of the molecule is OC(CSc1ccccc1Cl)c1ccncc1. The standard InChI is InChI=1S/C13H12ClNOS/c14-11-3-1-2-4-13(11)17-9-12(16)10-5-7-15-8-6-10/h1-8,12,16H,9H2. The molecule has 2 aromatic rings. The molecule has 0 bridgehead atoms. The largest absolute Gasteiger partial charge is 0.388 e. The first-order chi connectivity index (χ1) is 8.27. The number of pyridine rings is 1. The van der Waals surface area contributed by atoms with Gasteiger partial charge in [-0.1, -0.05) is 23.7 Å². The second-order valence-electron chi connectivity index (χ2n) is 3.54. The first-order valence-corrected chi connectivity index (χ1v) is 6.59. The molecule has 0 aliphatic rings. The lowest BCUT2D eigenvalue weighted by molar-refractivity contribution is 0.204. The predicted octanol–water partition coefficient (Wildman–Crippen LogP) is 3.56. The molecule has 1 aromatic heterocycles. The summed E-state index contributed by atoms with van der Waals surface area (Å²) in [6.45, 7) is 0. The van der Waals surface area contributed by atoms with E-state index in [1.165, 1.54) is 0 Å².